The number of amides is 1. The van der Waals surface area contributed by atoms with Crippen LogP contribution in [0.5, 0.6) is 0 Å². The summed E-state index contributed by atoms with van der Waals surface area (Å²) in [4.78, 5) is 22.8. The van der Waals surface area contributed by atoms with Gasteiger partial charge in [0, 0.05) is 11.9 Å². The van der Waals surface area contributed by atoms with Gasteiger partial charge in [0.2, 0.25) is 10.0 Å². The normalized spacial score (nSPS) is 13.1. The molecule has 7 nitrogen and oxygen atoms in total. The Morgan fingerprint density at radius 1 is 1.38 bits per heavy atom. The molecule has 1 aromatic rings. The van der Waals surface area contributed by atoms with E-state index < -0.39 is 28.0 Å². The van der Waals surface area contributed by atoms with Gasteiger partial charge >= 0.3 is 5.97 Å². The minimum atomic E-state index is -3.98. The number of carboxylic acids is 1. The van der Waals surface area contributed by atoms with Crippen LogP contribution in [-0.4, -0.2) is 38.0 Å². The van der Waals surface area contributed by atoms with E-state index in [2.05, 4.69) is 10.0 Å². The summed E-state index contributed by atoms with van der Waals surface area (Å²) >= 11 is 0.990. The van der Waals surface area contributed by atoms with Crippen molar-refractivity contribution in [2.24, 2.45) is 5.92 Å². The van der Waals surface area contributed by atoms with Gasteiger partial charge in [0.15, 0.2) is 0 Å². The van der Waals surface area contributed by atoms with Gasteiger partial charge in [-0.3, -0.25) is 9.59 Å². The average molecular weight is 334 g/mol. The highest BCUT2D eigenvalue weighted by atomic mass is 32.2. The molecule has 1 rings (SSSR count). The summed E-state index contributed by atoms with van der Waals surface area (Å²) in [5.74, 6) is -2.01. The van der Waals surface area contributed by atoms with Crippen LogP contribution in [0.2, 0.25) is 0 Å². The number of hydrogen-bond acceptors (Lipinski definition) is 5. The van der Waals surface area contributed by atoms with Gasteiger partial charge in [0.05, 0.1) is 9.77 Å². The molecule has 1 amide bonds. The van der Waals surface area contributed by atoms with Crippen molar-refractivity contribution in [1.29, 1.82) is 0 Å². The van der Waals surface area contributed by atoms with E-state index in [0.29, 0.717) is 6.54 Å². The lowest BCUT2D eigenvalue weighted by atomic mass is 10.1. The fraction of sp³-hybridized carbons (Fsp3) is 0.500. The highest BCUT2D eigenvalue weighted by Crippen LogP contribution is 2.20. The Balaban J connectivity index is 2.98. The van der Waals surface area contributed by atoms with Crippen LogP contribution in [0.3, 0.4) is 0 Å². The molecule has 3 N–H and O–H groups in total. The molecule has 21 heavy (non-hydrogen) atoms. The second-order valence-electron chi connectivity index (χ2n) is 4.69. The molecule has 1 heterocycles. The third-order valence-corrected chi connectivity index (χ3v) is 5.16. The molecule has 0 spiro atoms. The first kappa shape index (κ1) is 17.6. The van der Waals surface area contributed by atoms with E-state index >= 15 is 0 Å². The first-order valence-electron chi connectivity index (χ1n) is 6.31. The molecule has 0 bridgehead atoms. The van der Waals surface area contributed by atoms with E-state index in [0.717, 1.165) is 11.3 Å². The summed E-state index contributed by atoms with van der Waals surface area (Å²) in [6, 6.07) is 0.0138. The topological polar surface area (TPSA) is 113 Å². The molecule has 0 fully saturated rings. The zero-order chi connectivity index (χ0) is 16.2. The Kier molecular flexibility index (Phi) is 5.87. The van der Waals surface area contributed by atoms with Crippen molar-refractivity contribution < 1.29 is 23.1 Å². The lowest BCUT2D eigenvalue weighted by Gasteiger charge is -2.17. The van der Waals surface area contributed by atoms with Gasteiger partial charge in [-0.15, -0.1) is 11.3 Å². The predicted octanol–water partition coefficient (Wildman–Crippen LogP) is 0.885. The first-order chi connectivity index (χ1) is 9.69. The molecule has 0 saturated heterocycles. The van der Waals surface area contributed by atoms with E-state index in [-0.39, 0.29) is 15.7 Å². The van der Waals surface area contributed by atoms with Crippen LogP contribution in [0.1, 0.15) is 30.4 Å². The van der Waals surface area contributed by atoms with Gasteiger partial charge in [0.1, 0.15) is 6.04 Å². The quantitative estimate of drug-likeness (QED) is 0.685. The number of thiophene rings is 1. The lowest BCUT2D eigenvalue weighted by molar-refractivity contribution is -0.140. The number of carbonyl (C=O) groups excluding carboxylic acids is 1. The number of hydrogen-bond donors (Lipinski definition) is 3. The van der Waals surface area contributed by atoms with Crippen LogP contribution in [-0.2, 0) is 14.8 Å². The Labute approximate surface area is 127 Å². The Bertz CT molecular complexity index is 621. The monoisotopic (exact) mass is 334 g/mol. The number of rotatable bonds is 7. The molecule has 0 aliphatic heterocycles. The van der Waals surface area contributed by atoms with Crippen LogP contribution in [0.4, 0.5) is 0 Å². The maximum Gasteiger partial charge on any atom is 0.322 e. The van der Waals surface area contributed by atoms with Crippen molar-refractivity contribution in [2.45, 2.75) is 31.7 Å². The average Bonchev–Trinajstić information content (AvgIpc) is 2.86. The van der Waals surface area contributed by atoms with Crippen molar-refractivity contribution in [3.63, 3.8) is 0 Å². The smallest absolute Gasteiger partial charge is 0.322 e. The SMILES string of the molecule is CCNC(=O)c1cc(S(=O)(=O)NC(C(=O)O)C(C)C)cs1. The van der Waals surface area contributed by atoms with E-state index in [1.165, 1.54) is 11.4 Å². The molecule has 1 unspecified atom stereocenters. The first-order valence-corrected chi connectivity index (χ1v) is 8.67. The number of carboxylic acid groups (broad SMARTS) is 1. The lowest BCUT2D eigenvalue weighted by Crippen LogP contribution is -2.44. The fourth-order valence-electron chi connectivity index (χ4n) is 1.53. The number of carbonyl (C=O) groups is 2. The molecule has 0 aliphatic rings. The highest BCUT2D eigenvalue weighted by Gasteiger charge is 2.29. The highest BCUT2D eigenvalue weighted by molar-refractivity contribution is 7.89. The number of nitrogens with one attached hydrogen (secondary N) is 2. The van der Waals surface area contributed by atoms with Crippen molar-refractivity contribution in [3.8, 4) is 0 Å². The van der Waals surface area contributed by atoms with Gasteiger partial charge in [-0.25, -0.2) is 8.42 Å². The summed E-state index contributed by atoms with van der Waals surface area (Å²) in [7, 11) is -3.98. The second-order valence-corrected chi connectivity index (χ2v) is 7.31. The van der Waals surface area contributed by atoms with Crippen LogP contribution in [0.25, 0.3) is 0 Å². The summed E-state index contributed by atoms with van der Waals surface area (Å²) in [5, 5.41) is 12.9. The van der Waals surface area contributed by atoms with Gasteiger partial charge in [-0.2, -0.15) is 4.72 Å². The Hall–Kier alpha value is -1.45. The molecule has 0 aliphatic carbocycles. The third kappa shape index (κ3) is 4.51. The molecule has 1 aromatic heterocycles. The van der Waals surface area contributed by atoms with Crippen molar-refractivity contribution in [3.05, 3.63) is 16.3 Å². The maximum atomic E-state index is 12.1. The van der Waals surface area contributed by atoms with Crippen molar-refractivity contribution >= 4 is 33.2 Å². The fourth-order valence-corrected chi connectivity index (χ4v) is 4.06. The van der Waals surface area contributed by atoms with Crippen LogP contribution < -0.4 is 10.0 Å². The van der Waals surface area contributed by atoms with E-state index in [4.69, 9.17) is 5.11 Å². The van der Waals surface area contributed by atoms with Crippen molar-refractivity contribution in [1.82, 2.24) is 10.0 Å². The zero-order valence-electron chi connectivity index (χ0n) is 11.9. The molecule has 9 heteroatoms. The van der Waals surface area contributed by atoms with Crippen molar-refractivity contribution in [2.75, 3.05) is 6.54 Å². The molecule has 118 valence electrons. The minimum Gasteiger partial charge on any atom is -0.480 e. The predicted molar refractivity (Wildman–Crippen MR) is 78.9 cm³/mol. The molecule has 1 atom stereocenters. The summed E-state index contributed by atoms with van der Waals surface area (Å²) in [5.41, 5.74) is 0. The summed E-state index contributed by atoms with van der Waals surface area (Å²) in [6.45, 7) is 5.40. The van der Waals surface area contributed by atoms with E-state index in [9.17, 15) is 18.0 Å². The molecular formula is C12H18N2O5S2. The van der Waals surface area contributed by atoms with Gasteiger partial charge in [-0.1, -0.05) is 13.8 Å². The zero-order valence-corrected chi connectivity index (χ0v) is 13.5. The van der Waals surface area contributed by atoms with Crippen LogP contribution in [0, 0.1) is 5.92 Å². The molecular weight excluding hydrogens is 316 g/mol. The Morgan fingerprint density at radius 2 is 2.00 bits per heavy atom. The number of aliphatic carboxylic acids is 1. The standard InChI is InChI=1S/C12H18N2O5S2/c1-4-13-11(15)9-5-8(6-20-9)21(18,19)14-10(7(2)3)12(16)17/h5-7,10,14H,4H2,1-3H3,(H,13,15)(H,16,17). The largest absolute Gasteiger partial charge is 0.480 e. The van der Waals surface area contributed by atoms with E-state index in [1.807, 2.05) is 0 Å². The number of sulfonamides is 1. The van der Waals surface area contributed by atoms with Gasteiger partial charge in [-0.05, 0) is 18.9 Å². The Morgan fingerprint density at radius 3 is 2.48 bits per heavy atom. The van der Waals surface area contributed by atoms with Gasteiger partial charge in [0.25, 0.3) is 5.91 Å². The maximum absolute atomic E-state index is 12.1. The van der Waals surface area contributed by atoms with Crippen LogP contribution >= 0.6 is 11.3 Å². The van der Waals surface area contributed by atoms with Crippen LogP contribution in [0.15, 0.2) is 16.3 Å². The molecule has 0 radical (unpaired) electrons. The van der Waals surface area contributed by atoms with Gasteiger partial charge < -0.3 is 10.4 Å². The summed E-state index contributed by atoms with van der Waals surface area (Å²) < 4.78 is 26.4. The van der Waals surface area contributed by atoms with E-state index in [1.54, 1.807) is 20.8 Å². The summed E-state index contributed by atoms with van der Waals surface area (Å²) in [6.07, 6.45) is 0. The second kappa shape index (κ2) is 7.01. The molecule has 0 saturated carbocycles. The molecule has 0 aromatic carbocycles. The minimum absolute atomic E-state index is 0.111. The third-order valence-electron chi connectivity index (χ3n) is 2.66.